The molecule has 0 amide bonds. The van der Waals surface area contributed by atoms with Crippen molar-refractivity contribution in [1.82, 2.24) is 0 Å². The summed E-state index contributed by atoms with van der Waals surface area (Å²) in [6.45, 7) is 0. The number of benzene rings is 6. The highest BCUT2D eigenvalue weighted by molar-refractivity contribution is 7.51. The molecule has 0 atom stereocenters. The van der Waals surface area contributed by atoms with Crippen LogP contribution in [0, 0.1) is 0 Å². The zero-order chi connectivity index (χ0) is 27.1. The topological polar surface area (TPSA) is 34.1 Å². The van der Waals surface area contributed by atoms with Crippen LogP contribution in [0.4, 0.5) is 0 Å². The lowest BCUT2D eigenvalue weighted by atomic mass is 10.0. The number of hydrogen-bond donors (Lipinski definition) is 0. The summed E-state index contributed by atoms with van der Waals surface area (Å²) >= 11 is -0.750. The largest absolute Gasteiger partial charge is 0.335 e. The Morgan fingerprint density at radius 1 is 0.231 bits per heavy atom. The van der Waals surface area contributed by atoms with E-state index in [4.69, 9.17) is 8.42 Å². The first-order valence-corrected chi connectivity index (χ1v) is 13.3. The lowest BCUT2D eigenvalue weighted by Gasteiger charge is -2.04. The third-order valence-electron chi connectivity index (χ3n) is 6.20. The Hall–Kier alpha value is -4.86. The molecule has 0 fully saturated rings. The molecule has 0 unspecified atom stereocenters. The van der Waals surface area contributed by atoms with E-state index < -0.39 is 11.6 Å². The molecule has 0 radical (unpaired) electrons. The Labute approximate surface area is 233 Å². The maximum Gasteiger partial charge on any atom is 0.335 e. The maximum atomic E-state index is 8.29. The van der Waals surface area contributed by atoms with E-state index in [1.54, 1.807) is 0 Å². The van der Waals surface area contributed by atoms with Gasteiger partial charge in [0.05, 0.1) is 0 Å². The van der Waals surface area contributed by atoms with Gasteiger partial charge >= 0.3 is 11.6 Å². The van der Waals surface area contributed by atoms with E-state index >= 15 is 0 Å². The fraction of sp³-hybridized carbons (Fsp3) is 0. The lowest BCUT2D eigenvalue weighted by Crippen LogP contribution is -1.79. The fourth-order valence-corrected chi connectivity index (χ4v) is 4.23. The van der Waals surface area contributed by atoms with E-state index in [0.29, 0.717) is 0 Å². The van der Waals surface area contributed by atoms with Crippen molar-refractivity contribution in [3.63, 3.8) is 0 Å². The van der Waals surface area contributed by atoms with Gasteiger partial charge in [0.1, 0.15) is 0 Å². The van der Waals surface area contributed by atoms with E-state index in [0.717, 1.165) is 0 Å². The highest BCUT2D eigenvalue weighted by Crippen LogP contribution is 2.25. The smallest absolute Gasteiger partial charge is 0.168 e. The summed E-state index contributed by atoms with van der Waals surface area (Å²) in [5.74, 6) is 0. The zero-order valence-corrected chi connectivity index (χ0v) is 22.2. The molecule has 39 heavy (non-hydrogen) atoms. The van der Waals surface area contributed by atoms with Gasteiger partial charge in [-0.1, -0.05) is 170 Å². The predicted octanol–water partition coefficient (Wildman–Crippen LogP) is 9.37. The Bertz CT molecular complexity index is 1320. The van der Waals surface area contributed by atoms with Crippen LogP contribution >= 0.6 is 0 Å². The molecule has 0 saturated carbocycles. The van der Waals surface area contributed by atoms with Crippen molar-refractivity contribution in [1.29, 1.82) is 0 Å². The van der Waals surface area contributed by atoms with E-state index in [9.17, 15) is 0 Å². The van der Waals surface area contributed by atoms with Gasteiger partial charge in [-0.15, -0.1) is 0 Å². The molecule has 0 aliphatic carbocycles. The molecule has 3 heteroatoms. The summed E-state index contributed by atoms with van der Waals surface area (Å²) in [5, 5.41) is 0. The molecule has 0 N–H and O–H groups in total. The van der Waals surface area contributed by atoms with Gasteiger partial charge in [0.15, 0.2) is 0 Å². The van der Waals surface area contributed by atoms with Crippen LogP contribution in [0.5, 0.6) is 0 Å². The summed E-state index contributed by atoms with van der Waals surface area (Å²) in [5.41, 5.74) is 10.1. The van der Waals surface area contributed by atoms with Crippen LogP contribution in [-0.4, -0.2) is 8.42 Å². The van der Waals surface area contributed by atoms with Crippen molar-refractivity contribution in [2.45, 2.75) is 0 Å². The Morgan fingerprint density at radius 2 is 0.359 bits per heavy atom. The van der Waals surface area contributed by atoms with E-state index in [-0.39, 0.29) is 0 Å². The second-order valence-corrected chi connectivity index (χ2v) is 8.82. The van der Waals surface area contributed by atoms with Gasteiger partial charge < -0.3 is 0 Å². The van der Waals surface area contributed by atoms with Crippen LogP contribution in [0.2, 0.25) is 0 Å². The van der Waals surface area contributed by atoms with Crippen molar-refractivity contribution in [2.75, 3.05) is 0 Å². The summed E-state index contributed by atoms with van der Waals surface area (Å²) in [6, 6.07) is 59.3. The molecular formula is C36H28O2S. The molecule has 0 bridgehead atoms. The van der Waals surface area contributed by atoms with E-state index in [1.165, 1.54) is 44.5 Å². The van der Waals surface area contributed by atoms with Crippen LogP contribution in [-0.2, 0) is 11.6 Å². The van der Waals surface area contributed by atoms with Crippen molar-refractivity contribution >= 4 is 11.6 Å². The Balaban J connectivity index is 0.000000165. The Kier molecular flexibility index (Phi) is 10.3. The fourth-order valence-electron chi connectivity index (χ4n) is 4.23. The van der Waals surface area contributed by atoms with Gasteiger partial charge in [-0.05, 0) is 44.5 Å². The molecular weight excluding hydrogens is 496 g/mol. The first-order valence-electron chi connectivity index (χ1n) is 12.6. The van der Waals surface area contributed by atoms with Gasteiger partial charge in [-0.2, -0.15) is 8.42 Å². The first-order chi connectivity index (χ1) is 19.3. The number of hydrogen-bond acceptors (Lipinski definition) is 2. The summed E-state index contributed by atoms with van der Waals surface area (Å²) in [7, 11) is 0. The first kappa shape index (κ1) is 27.2. The third-order valence-corrected chi connectivity index (χ3v) is 6.20. The average Bonchev–Trinajstić information content (AvgIpc) is 3.04. The molecule has 0 heterocycles. The molecule has 0 aliphatic heterocycles. The van der Waals surface area contributed by atoms with Crippen LogP contribution < -0.4 is 0 Å². The average molecular weight is 525 g/mol. The maximum absolute atomic E-state index is 8.29. The van der Waals surface area contributed by atoms with Gasteiger partial charge in [0.2, 0.25) is 0 Å². The summed E-state index contributed by atoms with van der Waals surface area (Å²) < 4.78 is 16.6. The van der Waals surface area contributed by atoms with Crippen molar-refractivity contribution in [3.8, 4) is 44.5 Å². The van der Waals surface area contributed by atoms with Crippen molar-refractivity contribution in [2.24, 2.45) is 0 Å². The van der Waals surface area contributed by atoms with E-state index in [2.05, 4.69) is 146 Å². The van der Waals surface area contributed by atoms with Crippen molar-refractivity contribution in [3.05, 3.63) is 170 Å². The SMILES string of the molecule is O=S=O.c1ccc(-c2ccc(-c3ccccc3)cc2)cc1.c1ccc(-c2ccc(-c3ccccc3)cc2)cc1. The monoisotopic (exact) mass is 524 g/mol. The molecule has 2 nitrogen and oxygen atoms in total. The summed E-state index contributed by atoms with van der Waals surface area (Å²) in [6.07, 6.45) is 0. The molecule has 0 aliphatic rings. The molecule has 0 spiro atoms. The highest BCUT2D eigenvalue weighted by Gasteiger charge is 2.00. The van der Waals surface area contributed by atoms with Gasteiger partial charge in [-0.25, -0.2) is 0 Å². The molecule has 0 saturated heterocycles. The second kappa shape index (κ2) is 14.8. The summed E-state index contributed by atoms with van der Waals surface area (Å²) in [4.78, 5) is 0. The van der Waals surface area contributed by atoms with Crippen LogP contribution in [0.3, 0.4) is 0 Å². The molecule has 190 valence electrons. The van der Waals surface area contributed by atoms with Gasteiger partial charge in [-0.3, -0.25) is 0 Å². The predicted molar refractivity (Wildman–Crippen MR) is 164 cm³/mol. The van der Waals surface area contributed by atoms with Crippen LogP contribution in [0.1, 0.15) is 0 Å². The minimum absolute atomic E-state index is 0.750. The molecule has 0 aromatic heterocycles. The highest BCUT2D eigenvalue weighted by atomic mass is 32.1. The van der Waals surface area contributed by atoms with Crippen molar-refractivity contribution < 1.29 is 8.42 Å². The van der Waals surface area contributed by atoms with Crippen LogP contribution in [0.15, 0.2) is 170 Å². The minimum atomic E-state index is -0.750. The normalized spacial score (nSPS) is 9.74. The van der Waals surface area contributed by atoms with Gasteiger partial charge in [0.25, 0.3) is 0 Å². The lowest BCUT2D eigenvalue weighted by molar-refractivity contribution is 0.630. The van der Waals surface area contributed by atoms with E-state index in [1.807, 2.05) is 24.3 Å². The Morgan fingerprint density at radius 3 is 0.513 bits per heavy atom. The molecule has 6 aromatic rings. The molecule has 6 aromatic carbocycles. The van der Waals surface area contributed by atoms with Crippen LogP contribution in [0.25, 0.3) is 44.5 Å². The quantitative estimate of drug-likeness (QED) is 0.230. The molecule has 6 rings (SSSR count). The third kappa shape index (κ3) is 8.06. The standard InChI is InChI=1S/2C18H14.O2S/c2*1-3-7-15(8-4-1)17-11-13-18(14-12-17)16-9-5-2-6-10-16;1-3-2/h2*1-14H;. The number of rotatable bonds is 4. The van der Waals surface area contributed by atoms with Gasteiger partial charge in [0, 0.05) is 0 Å². The zero-order valence-electron chi connectivity index (χ0n) is 21.4. The minimum Gasteiger partial charge on any atom is -0.168 e. The second-order valence-electron chi connectivity index (χ2n) is 8.69.